The highest BCUT2D eigenvalue weighted by atomic mass is 16.5. The molecule has 2 heterocycles. The zero-order valence-electron chi connectivity index (χ0n) is 23.8. The molecule has 2 amide bonds. The van der Waals surface area contributed by atoms with Gasteiger partial charge >= 0.3 is 0 Å². The topological polar surface area (TPSA) is 86.4 Å². The van der Waals surface area contributed by atoms with E-state index in [0.29, 0.717) is 24.2 Å². The average Bonchev–Trinajstić information content (AvgIpc) is 2.92. The summed E-state index contributed by atoms with van der Waals surface area (Å²) in [5.41, 5.74) is 3.06. The number of morpholine rings is 1. The number of amides is 2. The van der Waals surface area contributed by atoms with Gasteiger partial charge in [-0.25, -0.2) is 0 Å². The van der Waals surface area contributed by atoms with E-state index in [4.69, 9.17) is 9.47 Å². The maximum atomic E-state index is 13.5. The molecule has 0 unspecified atom stereocenters. The Balaban J connectivity index is 1.47. The molecule has 0 aromatic heterocycles. The summed E-state index contributed by atoms with van der Waals surface area (Å²) in [6.07, 6.45) is 0.404. The number of rotatable bonds is 9. The monoisotopic (exact) mass is 537 g/mol. The van der Waals surface area contributed by atoms with Gasteiger partial charge in [-0.1, -0.05) is 32.9 Å². The molecule has 2 saturated heterocycles. The smallest absolute Gasteiger partial charge is 0.253 e. The summed E-state index contributed by atoms with van der Waals surface area (Å²) in [6.45, 7) is 13.8. The molecule has 2 aliphatic heterocycles. The van der Waals surface area contributed by atoms with E-state index in [2.05, 4.69) is 31.4 Å². The predicted octanol–water partition coefficient (Wildman–Crippen LogP) is 3.46. The molecular formula is C30H43N5O4. The van der Waals surface area contributed by atoms with Gasteiger partial charge in [-0.2, -0.15) is 0 Å². The predicted molar refractivity (Wildman–Crippen MR) is 156 cm³/mol. The van der Waals surface area contributed by atoms with Crippen LogP contribution in [0.1, 0.15) is 37.6 Å². The van der Waals surface area contributed by atoms with Gasteiger partial charge in [0.25, 0.3) is 5.91 Å². The Labute approximate surface area is 232 Å². The largest absolute Gasteiger partial charge is 0.495 e. The Morgan fingerprint density at radius 1 is 0.923 bits per heavy atom. The van der Waals surface area contributed by atoms with Gasteiger partial charge in [0.05, 0.1) is 31.6 Å². The Kier molecular flexibility index (Phi) is 9.69. The summed E-state index contributed by atoms with van der Waals surface area (Å²) in [7, 11) is 1.70. The Morgan fingerprint density at radius 2 is 1.59 bits per heavy atom. The molecule has 0 aliphatic carbocycles. The maximum Gasteiger partial charge on any atom is 0.253 e. The molecule has 0 spiro atoms. The molecule has 39 heavy (non-hydrogen) atoms. The van der Waals surface area contributed by atoms with Crippen LogP contribution in [0.4, 0.5) is 17.1 Å². The van der Waals surface area contributed by atoms with Crippen LogP contribution in [0.15, 0.2) is 42.5 Å². The average molecular weight is 538 g/mol. The second-order valence-corrected chi connectivity index (χ2v) is 11.4. The lowest BCUT2D eigenvalue weighted by Gasteiger charge is -2.38. The number of nitrogens with zero attached hydrogens (tertiary/aromatic N) is 3. The Bertz CT molecular complexity index is 1120. The number of anilines is 3. The lowest BCUT2D eigenvalue weighted by Crippen LogP contribution is -2.47. The van der Waals surface area contributed by atoms with E-state index in [0.717, 1.165) is 76.2 Å². The second kappa shape index (κ2) is 13.2. The first-order valence-electron chi connectivity index (χ1n) is 13.9. The third-order valence-corrected chi connectivity index (χ3v) is 7.08. The van der Waals surface area contributed by atoms with Gasteiger partial charge in [0.1, 0.15) is 5.75 Å². The minimum Gasteiger partial charge on any atom is -0.495 e. The molecule has 212 valence electrons. The van der Waals surface area contributed by atoms with Crippen molar-refractivity contribution in [2.24, 2.45) is 5.41 Å². The van der Waals surface area contributed by atoms with E-state index in [-0.39, 0.29) is 17.2 Å². The van der Waals surface area contributed by atoms with Crippen LogP contribution in [0.2, 0.25) is 0 Å². The molecular weight excluding hydrogens is 494 g/mol. The molecule has 9 nitrogen and oxygen atoms in total. The summed E-state index contributed by atoms with van der Waals surface area (Å²) < 4.78 is 11.0. The molecule has 2 aliphatic rings. The van der Waals surface area contributed by atoms with E-state index >= 15 is 0 Å². The van der Waals surface area contributed by atoms with Crippen LogP contribution in [-0.2, 0) is 9.53 Å². The quantitative estimate of drug-likeness (QED) is 0.507. The minimum absolute atomic E-state index is 0.0562. The van der Waals surface area contributed by atoms with Crippen LogP contribution in [0.5, 0.6) is 5.75 Å². The number of nitrogens with one attached hydrogen (secondary N) is 2. The fourth-order valence-electron chi connectivity index (χ4n) is 5.09. The van der Waals surface area contributed by atoms with Gasteiger partial charge in [0.15, 0.2) is 0 Å². The number of carbonyl (C=O) groups is 2. The summed E-state index contributed by atoms with van der Waals surface area (Å²) in [6, 6.07) is 13.7. The summed E-state index contributed by atoms with van der Waals surface area (Å²) in [4.78, 5) is 32.9. The summed E-state index contributed by atoms with van der Waals surface area (Å²) in [5.74, 6) is 0.679. The molecule has 2 fully saturated rings. The number of methoxy groups -OCH3 is 1. The third-order valence-electron chi connectivity index (χ3n) is 7.08. The number of para-hydroxylation sites is 2. The van der Waals surface area contributed by atoms with Crippen molar-refractivity contribution in [2.45, 2.75) is 27.2 Å². The van der Waals surface area contributed by atoms with Crippen LogP contribution in [0.25, 0.3) is 0 Å². The summed E-state index contributed by atoms with van der Waals surface area (Å²) in [5, 5.41) is 6.10. The van der Waals surface area contributed by atoms with Crippen LogP contribution in [-0.4, -0.2) is 89.4 Å². The number of carbonyl (C=O) groups excluding carboxylic acids is 2. The highest BCUT2D eigenvalue weighted by molar-refractivity contribution is 6.02. The third kappa shape index (κ3) is 8.10. The lowest BCUT2D eigenvalue weighted by molar-refractivity contribution is -0.117. The highest BCUT2D eigenvalue weighted by Gasteiger charge is 2.24. The summed E-state index contributed by atoms with van der Waals surface area (Å²) >= 11 is 0. The Hall–Kier alpha value is -3.30. The van der Waals surface area contributed by atoms with Crippen LogP contribution < -0.4 is 25.2 Å². The molecule has 0 saturated carbocycles. The van der Waals surface area contributed by atoms with Crippen LogP contribution >= 0.6 is 0 Å². The zero-order valence-corrected chi connectivity index (χ0v) is 23.8. The second-order valence-electron chi connectivity index (χ2n) is 11.4. The van der Waals surface area contributed by atoms with Gasteiger partial charge in [0, 0.05) is 70.2 Å². The first kappa shape index (κ1) is 28.7. The highest BCUT2D eigenvalue weighted by Crippen LogP contribution is 2.31. The lowest BCUT2D eigenvalue weighted by atomic mass is 9.92. The van der Waals surface area contributed by atoms with Crippen molar-refractivity contribution < 1.29 is 19.1 Å². The van der Waals surface area contributed by atoms with E-state index in [9.17, 15) is 9.59 Å². The van der Waals surface area contributed by atoms with Gasteiger partial charge in [0.2, 0.25) is 5.91 Å². The molecule has 9 heteroatoms. The molecule has 4 rings (SSSR count). The van der Waals surface area contributed by atoms with E-state index in [1.807, 2.05) is 57.2 Å². The van der Waals surface area contributed by atoms with E-state index in [1.165, 1.54) is 0 Å². The number of piperazine rings is 1. The van der Waals surface area contributed by atoms with Crippen molar-refractivity contribution in [3.05, 3.63) is 48.0 Å². The SMILES string of the molecule is COc1ccccc1N1CCN(c2ccc(NC(=O)CC(C)(C)C)cc2C(=O)NCCN2CCOCC2)CC1. The van der Waals surface area contributed by atoms with Crippen molar-refractivity contribution in [3.63, 3.8) is 0 Å². The van der Waals surface area contributed by atoms with Crippen molar-refractivity contribution in [1.29, 1.82) is 0 Å². The van der Waals surface area contributed by atoms with Gasteiger partial charge in [-0.15, -0.1) is 0 Å². The molecule has 0 bridgehead atoms. The molecule has 0 atom stereocenters. The van der Waals surface area contributed by atoms with Gasteiger partial charge in [-0.3, -0.25) is 14.5 Å². The van der Waals surface area contributed by atoms with Crippen LogP contribution in [0.3, 0.4) is 0 Å². The normalized spacial score (nSPS) is 16.6. The van der Waals surface area contributed by atoms with Crippen molar-refractivity contribution in [3.8, 4) is 5.75 Å². The van der Waals surface area contributed by atoms with Crippen molar-refractivity contribution in [2.75, 3.05) is 87.8 Å². The molecule has 2 N–H and O–H groups in total. The van der Waals surface area contributed by atoms with Gasteiger partial charge < -0.3 is 29.9 Å². The van der Waals surface area contributed by atoms with Gasteiger partial charge in [-0.05, 0) is 35.7 Å². The minimum atomic E-state index is -0.127. The molecule has 2 aromatic rings. The first-order chi connectivity index (χ1) is 18.7. The zero-order chi connectivity index (χ0) is 27.8. The van der Waals surface area contributed by atoms with E-state index in [1.54, 1.807) is 7.11 Å². The molecule has 2 aromatic carbocycles. The van der Waals surface area contributed by atoms with Crippen molar-refractivity contribution >= 4 is 28.9 Å². The number of hydrogen-bond donors (Lipinski definition) is 2. The standard InChI is InChI=1S/C30H43N5O4/c1-30(2,3)22-28(36)32-23-9-10-25(24(21-23)29(37)31-11-12-33-17-19-39-20-18-33)34-13-15-35(16-14-34)26-7-5-6-8-27(26)38-4/h5-10,21H,11-20,22H2,1-4H3,(H,31,37)(H,32,36). The number of benzene rings is 2. The first-order valence-corrected chi connectivity index (χ1v) is 13.9. The number of hydrogen-bond acceptors (Lipinski definition) is 7. The van der Waals surface area contributed by atoms with Crippen molar-refractivity contribution in [1.82, 2.24) is 10.2 Å². The fourth-order valence-corrected chi connectivity index (χ4v) is 5.09. The Morgan fingerprint density at radius 3 is 2.26 bits per heavy atom. The molecule has 0 radical (unpaired) electrons. The van der Waals surface area contributed by atoms with Crippen LogP contribution in [0, 0.1) is 5.41 Å². The number of ether oxygens (including phenoxy) is 2. The maximum absolute atomic E-state index is 13.5. The fraction of sp³-hybridized carbons (Fsp3) is 0.533. The van der Waals surface area contributed by atoms with E-state index < -0.39 is 0 Å².